The average Bonchev–Trinajstić information content (AvgIpc) is 2.65. The standard InChI is InChI=1S/C10H7ClN2/c11-9-3-1-2-7-8(9)5-13-6-12-4-10(7)13/h1-4,6H,5H2. The Balaban J connectivity index is 2.34. The zero-order chi connectivity index (χ0) is 8.84. The van der Waals surface area contributed by atoms with Crippen LogP contribution in [0.4, 0.5) is 0 Å². The Hall–Kier alpha value is -1.28. The molecule has 0 spiro atoms. The van der Waals surface area contributed by atoms with Gasteiger partial charge in [-0.3, -0.25) is 0 Å². The molecule has 0 saturated carbocycles. The minimum absolute atomic E-state index is 0.848. The van der Waals surface area contributed by atoms with Crippen LogP contribution in [0.15, 0.2) is 30.7 Å². The normalized spacial score (nSPS) is 12.7. The van der Waals surface area contributed by atoms with Crippen molar-refractivity contribution in [2.75, 3.05) is 0 Å². The predicted molar refractivity (Wildman–Crippen MR) is 51.8 cm³/mol. The van der Waals surface area contributed by atoms with Gasteiger partial charge >= 0.3 is 0 Å². The molecule has 13 heavy (non-hydrogen) atoms. The average molecular weight is 191 g/mol. The molecule has 1 aromatic heterocycles. The molecule has 0 radical (unpaired) electrons. The largest absolute Gasteiger partial charge is 0.326 e. The van der Waals surface area contributed by atoms with E-state index < -0.39 is 0 Å². The van der Waals surface area contributed by atoms with Gasteiger partial charge < -0.3 is 4.57 Å². The molecule has 0 fully saturated rings. The van der Waals surface area contributed by atoms with Gasteiger partial charge in [0.05, 0.1) is 24.8 Å². The predicted octanol–water partition coefficient (Wildman–Crippen LogP) is 2.57. The maximum absolute atomic E-state index is 6.08. The zero-order valence-corrected chi connectivity index (χ0v) is 7.62. The third kappa shape index (κ3) is 0.864. The molecule has 0 unspecified atom stereocenters. The van der Waals surface area contributed by atoms with Crippen molar-refractivity contribution < 1.29 is 0 Å². The third-order valence-corrected chi connectivity index (χ3v) is 2.79. The van der Waals surface area contributed by atoms with Crippen molar-refractivity contribution in [1.82, 2.24) is 9.55 Å². The number of rotatable bonds is 0. The molecule has 2 aromatic rings. The van der Waals surface area contributed by atoms with E-state index in [1.165, 1.54) is 11.1 Å². The fourth-order valence-corrected chi connectivity index (χ4v) is 2.03. The highest BCUT2D eigenvalue weighted by molar-refractivity contribution is 6.31. The van der Waals surface area contributed by atoms with Gasteiger partial charge in [0.15, 0.2) is 0 Å². The summed E-state index contributed by atoms with van der Waals surface area (Å²) in [6.07, 6.45) is 3.72. The van der Waals surface area contributed by atoms with E-state index in [1.807, 2.05) is 24.7 Å². The van der Waals surface area contributed by atoms with Gasteiger partial charge in [-0.05, 0) is 11.6 Å². The van der Waals surface area contributed by atoms with Gasteiger partial charge in [-0.15, -0.1) is 0 Å². The number of halogens is 1. The van der Waals surface area contributed by atoms with Crippen LogP contribution in [0.2, 0.25) is 5.02 Å². The van der Waals surface area contributed by atoms with E-state index in [1.54, 1.807) is 0 Å². The fraction of sp³-hybridized carbons (Fsp3) is 0.100. The zero-order valence-electron chi connectivity index (χ0n) is 6.87. The maximum atomic E-state index is 6.08. The van der Waals surface area contributed by atoms with Crippen molar-refractivity contribution >= 4 is 11.6 Å². The molecule has 2 heterocycles. The van der Waals surface area contributed by atoms with Crippen molar-refractivity contribution in [2.45, 2.75) is 6.54 Å². The van der Waals surface area contributed by atoms with Crippen LogP contribution < -0.4 is 0 Å². The summed E-state index contributed by atoms with van der Waals surface area (Å²) in [5, 5.41) is 0.848. The summed E-state index contributed by atoms with van der Waals surface area (Å²) in [5.41, 5.74) is 3.59. The van der Waals surface area contributed by atoms with Crippen LogP contribution in [-0.2, 0) is 6.54 Å². The summed E-state index contributed by atoms with van der Waals surface area (Å²) < 4.78 is 2.11. The molecule has 0 saturated heterocycles. The van der Waals surface area contributed by atoms with E-state index >= 15 is 0 Å². The SMILES string of the molecule is Clc1cccc2c1Cn1cncc1-2. The van der Waals surface area contributed by atoms with E-state index in [9.17, 15) is 0 Å². The minimum Gasteiger partial charge on any atom is -0.326 e. The molecule has 0 N–H and O–H groups in total. The monoisotopic (exact) mass is 190 g/mol. The summed E-state index contributed by atoms with van der Waals surface area (Å²) in [5.74, 6) is 0. The topological polar surface area (TPSA) is 17.8 Å². The van der Waals surface area contributed by atoms with Gasteiger partial charge in [-0.25, -0.2) is 4.98 Å². The molecule has 64 valence electrons. The van der Waals surface area contributed by atoms with Crippen LogP contribution in [0.25, 0.3) is 11.3 Å². The van der Waals surface area contributed by atoms with Crippen molar-refractivity contribution in [3.8, 4) is 11.3 Å². The molecule has 1 aliphatic rings. The molecule has 0 atom stereocenters. The highest BCUT2D eigenvalue weighted by Gasteiger charge is 2.19. The van der Waals surface area contributed by atoms with Crippen LogP contribution in [-0.4, -0.2) is 9.55 Å². The molecule has 1 aliphatic heterocycles. The van der Waals surface area contributed by atoms with Crippen molar-refractivity contribution in [2.24, 2.45) is 0 Å². The van der Waals surface area contributed by atoms with Crippen LogP contribution in [0.5, 0.6) is 0 Å². The summed E-state index contributed by atoms with van der Waals surface area (Å²) in [6.45, 7) is 0.852. The van der Waals surface area contributed by atoms with Crippen molar-refractivity contribution in [3.05, 3.63) is 41.3 Å². The molecule has 0 bridgehead atoms. The molecular weight excluding hydrogens is 184 g/mol. The van der Waals surface area contributed by atoms with Gasteiger partial charge in [-0.1, -0.05) is 23.7 Å². The van der Waals surface area contributed by atoms with E-state index in [4.69, 9.17) is 11.6 Å². The number of hydrogen-bond donors (Lipinski definition) is 0. The maximum Gasteiger partial charge on any atom is 0.0954 e. The molecule has 0 aliphatic carbocycles. The first-order valence-corrected chi connectivity index (χ1v) is 4.52. The van der Waals surface area contributed by atoms with Gasteiger partial charge in [0, 0.05) is 10.6 Å². The van der Waals surface area contributed by atoms with Gasteiger partial charge in [0.25, 0.3) is 0 Å². The van der Waals surface area contributed by atoms with Gasteiger partial charge in [-0.2, -0.15) is 0 Å². The number of imidazole rings is 1. The molecule has 3 heteroatoms. The Morgan fingerprint density at radius 3 is 3.23 bits per heavy atom. The Kier molecular flexibility index (Phi) is 1.30. The summed E-state index contributed by atoms with van der Waals surface area (Å²) in [6, 6.07) is 5.99. The van der Waals surface area contributed by atoms with Crippen LogP contribution in [0, 0.1) is 0 Å². The highest BCUT2D eigenvalue weighted by Crippen LogP contribution is 2.35. The lowest BCUT2D eigenvalue weighted by Gasteiger charge is -1.98. The number of hydrogen-bond acceptors (Lipinski definition) is 1. The summed E-state index contributed by atoms with van der Waals surface area (Å²) >= 11 is 6.08. The first-order chi connectivity index (χ1) is 6.36. The molecular formula is C10H7ClN2. The van der Waals surface area contributed by atoms with Crippen molar-refractivity contribution in [3.63, 3.8) is 0 Å². The van der Waals surface area contributed by atoms with E-state index in [2.05, 4.69) is 15.6 Å². The number of fused-ring (bicyclic) bond motifs is 3. The summed E-state index contributed by atoms with van der Waals surface area (Å²) in [7, 11) is 0. The lowest BCUT2D eigenvalue weighted by Crippen LogP contribution is -1.89. The fourth-order valence-electron chi connectivity index (χ4n) is 1.80. The van der Waals surface area contributed by atoms with Crippen molar-refractivity contribution in [1.29, 1.82) is 0 Å². The first kappa shape index (κ1) is 7.15. The van der Waals surface area contributed by atoms with Crippen LogP contribution in [0.3, 0.4) is 0 Å². The lowest BCUT2D eigenvalue weighted by molar-refractivity contribution is 0.840. The number of nitrogens with zero attached hydrogens (tertiary/aromatic N) is 2. The first-order valence-electron chi connectivity index (χ1n) is 4.14. The molecule has 3 rings (SSSR count). The smallest absolute Gasteiger partial charge is 0.0954 e. The van der Waals surface area contributed by atoms with E-state index in [-0.39, 0.29) is 0 Å². The third-order valence-electron chi connectivity index (χ3n) is 2.44. The minimum atomic E-state index is 0.848. The Morgan fingerprint density at radius 2 is 2.31 bits per heavy atom. The Labute approximate surface area is 80.8 Å². The van der Waals surface area contributed by atoms with Crippen LogP contribution in [0.1, 0.15) is 5.56 Å². The highest BCUT2D eigenvalue weighted by atomic mass is 35.5. The molecule has 2 nitrogen and oxygen atoms in total. The molecule has 0 amide bonds. The quantitative estimate of drug-likeness (QED) is 0.533. The lowest BCUT2D eigenvalue weighted by atomic mass is 10.1. The van der Waals surface area contributed by atoms with E-state index in [0.29, 0.717) is 0 Å². The number of aromatic nitrogens is 2. The Morgan fingerprint density at radius 1 is 1.38 bits per heavy atom. The van der Waals surface area contributed by atoms with E-state index in [0.717, 1.165) is 17.3 Å². The second-order valence-corrected chi connectivity index (χ2v) is 3.58. The second kappa shape index (κ2) is 2.36. The summed E-state index contributed by atoms with van der Waals surface area (Å²) in [4.78, 5) is 4.09. The van der Waals surface area contributed by atoms with Gasteiger partial charge in [0.2, 0.25) is 0 Å². The number of benzene rings is 1. The van der Waals surface area contributed by atoms with Crippen LogP contribution >= 0.6 is 11.6 Å². The van der Waals surface area contributed by atoms with Gasteiger partial charge in [0.1, 0.15) is 0 Å². The Bertz CT molecular complexity index is 474. The molecule has 1 aromatic carbocycles. The second-order valence-electron chi connectivity index (χ2n) is 3.17.